The molecule has 9 heteroatoms. The monoisotopic (exact) mass is 568 g/mol. The minimum Gasteiger partial charge on any atom is -0.335 e. The normalized spacial score (nSPS) is 16.8. The van der Waals surface area contributed by atoms with E-state index in [1.165, 1.54) is 6.07 Å². The van der Waals surface area contributed by atoms with Gasteiger partial charge in [-0.3, -0.25) is 15.0 Å². The quantitative estimate of drug-likeness (QED) is 0.350. The van der Waals surface area contributed by atoms with Gasteiger partial charge in [0.05, 0.1) is 0 Å². The fourth-order valence-corrected chi connectivity index (χ4v) is 5.04. The lowest BCUT2D eigenvalue weighted by atomic mass is 9.93. The number of halogens is 1. The summed E-state index contributed by atoms with van der Waals surface area (Å²) in [6.07, 6.45) is 5.85. The lowest BCUT2D eigenvalue weighted by Crippen LogP contribution is -2.41. The highest BCUT2D eigenvalue weighted by atomic mass is 19.1. The van der Waals surface area contributed by atoms with Crippen LogP contribution < -0.4 is 16.0 Å². The van der Waals surface area contributed by atoms with Gasteiger partial charge in [0.15, 0.2) is 0 Å². The predicted molar refractivity (Wildman–Crippen MR) is 163 cm³/mol. The smallest absolute Gasteiger partial charge is 0.320 e. The van der Waals surface area contributed by atoms with Gasteiger partial charge < -0.3 is 15.5 Å². The van der Waals surface area contributed by atoms with Crippen LogP contribution >= 0.6 is 0 Å². The van der Waals surface area contributed by atoms with Crippen LogP contribution in [0.5, 0.6) is 0 Å². The lowest BCUT2D eigenvalue weighted by molar-refractivity contribution is 0.102. The van der Waals surface area contributed by atoms with Crippen LogP contribution in [0.1, 0.15) is 58.3 Å². The van der Waals surface area contributed by atoms with Gasteiger partial charge >= 0.3 is 6.03 Å². The Morgan fingerprint density at radius 2 is 1.88 bits per heavy atom. The Hall–Kier alpha value is -4.26. The largest absolute Gasteiger partial charge is 0.335 e. The van der Waals surface area contributed by atoms with E-state index in [9.17, 15) is 14.0 Å². The number of anilines is 2. The molecule has 1 saturated carbocycles. The number of likely N-dealkylation sites (N-methyl/N-ethyl adjacent to an activating group) is 1. The number of aryl methyl sites for hydroxylation is 1. The van der Waals surface area contributed by atoms with Crippen LogP contribution in [0, 0.1) is 24.6 Å². The Labute approximate surface area is 246 Å². The molecule has 2 fully saturated rings. The molecule has 1 saturated heterocycles. The second kappa shape index (κ2) is 13.1. The highest BCUT2D eigenvalue weighted by molar-refractivity contribution is 6.04. The van der Waals surface area contributed by atoms with Crippen LogP contribution in [-0.2, 0) is 6.54 Å². The SMILES string of the molecule is Cc1ccc(C(=O)Nc2ccc(CN3CC[C@@H](N(C)C)C3)c(F)c2)cc1C#Cc1ccc(NC(=O)NC2CCC2)nc1. The number of hydrogen-bond donors (Lipinski definition) is 3. The maximum absolute atomic E-state index is 14.9. The molecule has 1 aliphatic heterocycles. The number of rotatable bonds is 7. The van der Waals surface area contributed by atoms with Gasteiger partial charge in [0, 0.05) is 65.9 Å². The molecular formula is C33H37FN6O2. The molecule has 218 valence electrons. The van der Waals surface area contributed by atoms with Crippen molar-refractivity contribution in [3.8, 4) is 11.8 Å². The van der Waals surface area contributed by atoms with Crippen molar-refractivity contribution in [2.45, 2.75) is 51.2 Å². The highest BCUT2D eigenvalue weighted by Gasteiger charge is 2.24. The van der Waals surface area contributed by atoms with Gasteiger partial charge in [0.1, 0.15) is 11.6 Å². The van der Waals surface area contributed by atoms with Gasteiger partial charge in [-0.2, -0.15) is 0 Å². The number of nitrogens with one attached hydrogen (secondary N) is 3. The first-order valence-corrected chi connectivity index (χ1v) is 14.4. The topological polar surface area (TPSA) is 89.6 Å². The zero-order chi connectivity index (χ0) is 29.6. The van der Waals surface area contributed by atoms with Crippen molar-refractivity contribution in [1.29, 1.82) is 0 Å². The zero-order valence-corrected chi connectivity index (χ0v) is 24.3. The van der Waals surface area contributed by atoms with E-state index in [1.807, 2.05) is 13.0 Å². The van der Waals surface area contributed by atoms with E-state index in [0.717, 1.165) is 44.3 Å². The summed E-state index contributed by atoms with van der Waals surface area (Å²) in [7, 11) is 4.15. The fraction of sp³-hybridized carbons (Fsp3) is 0.364. The molecule has 3 N–H and O–H groups in total. The van der Waals surface area contributed by atoms with E-state index in [2.05, 4.69) is 56.7 Å². The highest BCUT2D eigenvalue weighted by Crippen LogP contribution is 2.22. The summed E-state index contributed by atoms with van der Waals surface area (Å²) in [6, 6.07) is 14.1. The van der Waals surface area contributed by atoms with Crippen LogP contribution in [0.15, 0.2) is 54.7 Å². The molecule has 2 aliphatic rings. The number of hydrogen-bond acceptors (Lipinski definition) is 5. The average Bonchev–Trinajstić information content (AvgIpc) is 3.42. The summed E-state index contributed by atoms with van der Waals surface area (Å²) in [5.41, 5.74) is 3.76. The van der Waals surface area contributed by atoms with Gasteiger partial charge in [0.25, 0.3) is 5.91 Å². The van der Waals surface area contributed by atoms with Crippen LogP contribution in [0.2, 0.25) is 0 Å². The zero-order valence-electron chi connectivity index (χ0n) is 24.3. The first-order valence-electron chi connectivity index (χ1n) is 14.4. The predicted octanol–water partition coefficient (Wildman–Crippen LogP) is 4.99. The number of likely N-dealkylation sites (tertiary alicyclic amines) is 1. The Balaban J connectivity index is 1.19. The number of nitrogens with zero attached hydrogens (tertiary/aromatic N) is 3. The van der Waals surface area contributed by atoms with Gasteiger partial charge in [-0.25, -0.2) is 14.2 Å². The Kier molecular flexibility index (Phi) is 9.15. The number of pyridine rings is 1. The minimum absolute atomic E-state index is 0.249. The average molecular weight is 569 g/mol. The summed E-state index contributed by atoms with van der Waals surface area (Å²) in [6.45, 7) is 4.33. The fourth-order valence-electron chi connectivity index (χ4n) is 5.04. The van der Waals surface area contributed by atoms with E-state index in [1.54, 1.807) is 42.6 Å². The van der Waals surface area contributed by atoms with Gasteiger partial charge in [-0.05, 0) is 88.7 Å². The van der Waals surface area contributed by atoms with Crippen molar-refractivity contribution in [2.24, 2.45) is 0 Å². The molecule has 0 bridgehead atoms. The summed E-state index contributed by atoms with van der Waals surface area (Å²) >= 11 is 0. The first-order chi connectivity index (χ1) is 20.2. The van der Waals surface area contributed by atoms with E-state index in [0.29, 0.717) is 46.3 Å². The molecule has 2 aromatic carbocycles. The van der Waals surface area contributed by atoms with Gasteiger partial charge in [-0.15, -0.1) is 0 Å². The lowest BCUT2D eigenvalue weighted by Gasteiger charge is -2.26. The maximum atomic E-state index is 14.9. The molecule has 8 nitrogen and oxygen atoms in total. The third kappa shape index (κ3) is 7.52. The summed E-state index contributed by atoms with van der Waals surface area (Å²) in [4.78, 5) is 33.8. The van der Waals surface area contributed by atoms with Crippen molar-refractivity contribution in [3.05, 3.63) is 88.4 Å². The molecule has 1 aliphatic carbocycles. The van der Waals surface area contributed by atoms with E-state index >= 15 is 0 Å². The first kappa shape index (κ1) is 29.2. The molecule has 42 heavy (non-hydrogen) atoms. The molecule has 5 rings (SSSR count). The van der Waals surface area contributed by atoms with Crippen molar-refractivity contribution in [2.75, 3.05) is 37.8 Å². The number of carbonyl (C=O) groups excluding carboxylic acids is 2. The van der Waals surface area contributed by atoms with E-state index in [-0.39, 0.29) is 23.8 Å². The Bertz CT molecular complexity index is 1510. The molecule has 0 radical (unpaired) electrons. The molecule has 0 spiro atoms. The van der Waals surface area contributed by atoms with E-state index in [4.69, 9.17) is 0 Å². The Morgan fingerprint density at radius 1 is 1.05 bits per heavy atom. The number of amides is 3. The molecule has 0 unspecified atom stereocenters. The molecule has 1 aromatic heterocycles. The molecular weight excluding hydrogens is 531 g/mol. The van der Waals surface area contributed by atoms with Crippen molar-refractivity contribution in [3.63, 3.8) is 0 Å². The van der Waals surface area contributed by atoms with Crippen molar-refractivity contribution < 1.29 is 14.0 Å². The van der Waals surface area contributed by atoms with Gasteiger partial charge in [0.2, 0.25) is 0 Å². The number of aromatic nitrogens is 1. The maximum Gasteiger partial charge on any atom is 0.320 e. The van der Waals surface area contributed by atoms with Crippen molar-refractivity contribution in [1.82, 2.24) is 20.1 Å². The minimum atomic E-state index is -0.337. The number of benzene rings is 2. The third-order valence-electron chi connectivity index (χ3n) is 7.97. The number of carbonyl (C=O) groups is 2. The molecule has 3 amide bonds. The summed E-state index contributed by atoms with van der Waals surface area (Å²) < 4.78 is 14.9. The van der Waals surface area contributed by atoms with Crippen LogP contribution in [0.25, 0.3) is 0 Å². The third-order valence-corrected chi connectivity index (χ3v) is 7.97. The molecule has 2 heterocycles. The Morgan fingerprint density at radius 3 is 2.55 bits per heavy atom. The van der Waals surface area contributed by atoms with Crippen molar-refractivity contribution >= 4 is 23.4 Å². The summed E-state index contributed by atoms with van der Waals surface area (Å²) in [5.74, 6) is 5.97. The second-order valence-electron chi connectivity index (χ2n) is 11.3. The summed E-state index contributed by atoms with van der Waals surface area (Å²) in [5, 5.41) is 8.46. The van der Waals surface area contributed by atoms with Crippen LogP contribution in [-0.4, -0.2) is 66.0 Å². The second-order valence-corrected chi connectivity index (χ2v) is 11.3. The van der Waals surface area contributed by atoms with E-state index < -0.39 is 0 Å². The van der Waals surface area contributed by atoms with Crippen LogP contribution in [0.3, 0.4) is 0 Å². The standard InChI is InChI=1S/C33H37FN6O2/c1-22-7-10-25(17-24(22)11-8-23-9-14-31(35-19-23)38-33(42)37-27-5-4-6-27)32(41)36-28-13-12-26(30(34)18-28)20-40-16-15-29(21-40)39(2)3/h7,9-10,12-14,17-19,27,29H,4-6,15-16,20-21H2,1-3H3,(H,36,41)(H2,35,37,38,42)/t29-/m1/s1. The number of urea groups is 1. The molecule has 1 atom stereocenters. The molecule has 3 aromatic rings. The van der Waals surface area contributed by atoms with Gasteiger partial charge in [-0.1, -0.05) is 24.0 Å². The van der Waals surface area contributed by atoms with Crippen LogP contribution in [0.4, 0.5) is 20.7 Å².